The van der Waals surface area contributed by atoms with Gasteiger partial charge in [-0.15, -0.1) is 22.7 Å². The smallest absolute Gasteiger partial charge is 0.246 e. The van der Waals surface area contributed by atoms with Crippen LogP contribution in [0.4, 0.5) is 0 Å². The second kappa shape index (κ2) is 6.32. The molecule has 6 heteroatoms. The van der Waals surface area contributed by atoms with Crippen molar-refractivity contribution >= 4 is 40.2 Å². The Hall–Kier alpha value is -1.17. The molecule has 0 aliphatic rings. The summed E-state index contributed by atoms with van der Waals surface area (Å²) in [5.74, 6) is -0.106. The van der Waals surface area contributed by atoms with Crippen molar-refractivity contribution in [3.8, 4) is 0 Å². The highest BCUT2D eigenvalue weighted by Crippen LogP contribution is 2.27. The van der Waals surface area contributed by atoms with Gasteiger partial charge in [0.1, 0.15) is 5.01 Å². The number of nitrogens with zero attached hydrogens (tertiary/aromatic N) is 2. The molecule has 1 unspecified atom stereocenters. The van der Waals surface area contributed by atoms with Gasteiger partial charge in [0.15, 0.2) is 0 Å². The molecule has 0 aromatic carbocycles. The van der Waals surface area contributed by atoms with Crippen LogP contribution in [0.3, 0.4) is 0 Å². The van der Waals surface area contributed by atoms with Gasteiger partial charge in [0.05, 0.1) is 10.4 Å². The highest BCUT2D eigenvalue weighted by molar-refractivity contribution is 7.14. The zero-order valence-corrected chi connectivity index (χ0v) is 12.8. The van der Waals surface area contributed by atoms with E-state index in [1.807, 2.05) is 23.8 Å². The van der Waals surface area contributed by atoms with Crippen LogP contribution in [0.5, 0.6) is 0 Å². The molecule has 0 bridgehead atoms. The summed E-state index contributed by atoms with van der Waals surface area (Å²) in [5, 5.41) is 4.78. The van der Waals surface area contributed by atoms with Gasteiger partial charge >= 0.3 is 0 Å². The maximum absolute atomic E-state index is 12.0. The molecule has 0 saturated heterocycles. The average molecular weight is 313 g/mol. The summed E-state index contributed by atoms with van der Waals surface area (Å²) in [6, 6.07) is 1.80. The number of halogens is 1. The highest BCUT2D eigenvalue weighted by Gasteiger charge is 2.21. The van der Waals surface area contributed by atoms with Crippen molar-refractivity contribution < 1.29 is 4.79 Å². The molecule has 1 amide bonds. The zero-order chi connectivity index (χ0) is 13.8. The number of hydrogen-bond donors (Lipinski definition) is 0. The van der Waals surface area contributed by atoms with E-state index in [2.05, 4.69) is 11.6 Å². The first-order valence-electron chi connectivity index (χ1n) is 5.67. The van der Waals surface area contributed by atoms with Gasteiger partial charge in [0.25, 0.3) is 0 Å². The van der Waals surface area contributed by atoms with Gasteiger partial charge < -0.3 is 4.90 Å². The van der Waals surface area contributed by atoms with Gasteiger partial charge in [-0.1, -0.05) is 18.2 Å². The fraction of sp³-hybridized carbons (Fsp3) is 0.231. The number of amides is 1. The van der Waals surface area contributed by atoms with Gasteiger partial charge in [-0.05, 0) is 30.0 Å². The largest absolute Gasteiger partial charge is 0.326 e. The van der Waals surface area contributed by atoms with Gasteiger partial charge in [0.2, 0.25) is 5.91 Å². The lowest BCUT2D eigenvalue weighted by molar-refractivity contribution is -0.128. The van der Waals surface area contributed by atoms with Crippen molar-refractivity contribution in [2.24, 2.45) is 0 Å². The van der Waals surface area contributed by atoms with Crippen LogP contribution < -0.4 is 0 Å². The predicted molar refractivity (Wildman–Crippen MR) is 80.6 cm³/mol. The lowest BCUT2D eigenvalue weighted by atomic mass is 10.2. The average Bonchev–Trinajstić information content (AvgIpc) is 3.05. The monoisotopic (exact) mass is 312 g/mol. The molecular formula is C13H13ClN2OS2. The van der Waals surface area contributed by atoms with Gasteiger partial charge in [-0.2, -0.15) is 0 Å². The molecule has 19 heavy (non-hydrogen) atoms. The maximum atomic E-state index is 12.0. The molecule has 2 rings (SSSR count). The van der Waals surface area contributed by atoms with Crippen molar-refractivity contribution in [1.29, 1.82) is 0 Å². The molecule has 0 fully saturated rings. The van der Waals surface area contributed by atoms with Crippen molar-refractivity contribution in [2.75, 3.05) is 0 Å². The fourth-order valence-corrected chi connectivity index (χ4v) is 3.33. The Morgan fingerprint density at radius 2 is 2.42 bits per heavy atom. The van der Waals surface area contributed by atoms with Crippen LogP contribution >= 0.6 is 34.3 Å². The Bertz CT molecular complexity index is 565. The number of carbonyl (C=O) groups excluding carboxylic acids is 1. The molecule has 100 valence electrons. The molecule has 0 saturated carbocycles. The minimum absolute atomic E-state index is 0.0795. The van der Waals surface area contributed by atoms with Crippen LogP contribution in [0, 0.1) is 0 Å². The van der Waals surface area contributed by atoms with Crippen LogP contribution in [0.15, 0.2) is 35.7 Å². The summed E-state index contributed by atoms with van der Waals surface area (Å²) >= 11 is 8.92. The molecule has 1 atom stereocenters. The van der Waals surface area contributed by atoms with Crippen molar-refractivity contribution in [1.82, 2.24) is 9.88 Å². The predicted octanol–water partition coefficient (Wildman–Crippen LogP) is 4.13. The van der Waals surface area contributed by atoms with E-state index < -0.39 is 0 Å². The normalized spacial score (nSPS) is 12.1. The van der Waals surface area contributed by atoms with Crippen LogP contribution in [0.1, 0.15) is 23.5 Å². The molecule has 2 aromatic rings. The Kier molecular flexibility index (Phi) is 4.74. The molecule has 2 aromatic heterocycles. The molecule has 0 aliphatic carbocycles. The zero-order valence-electron chi connectivity index (χ0n) is 10.4. The first kappa shape index (κ1) is 14.2. The van der Waals surface area contributed by atoms with Crippen molar-refractivity contribution in [3.05, 3.63) is 50.6 Å². The van der Waals surface area contributed by atoms with E-state index in [4.69, 9.17) is 11.6 Å². The third-order valence-electron chi connectivity index (χ3n) is 2.71. The van der Waals surface area contributed by atoms with E-state index in [9.17, 15) is 4.79 Å². The van der Waals surface area contributed by atoms with E-state index in [-0.39, 0.29) is 11.9 Å². The minimum atomic E-state index is -0.106. The highest BCUT2D eigenvalue weighted by atomic mass is 35.5. The maximum Gasteiger partial charge on any atom is 0.246 e. The lowest BCUT2D eigenvalue weighted by Gasteiger charge is -2.26. The summed E-state index contributed by atoms with van der Waals surface area (Å²) in [6.07, 6.45) is 3.08. The third-order valence-corrected chi connectivity index (χ3v) is 4.79. The molecule has 3 nitrogen and oxygen atoms in total. The van der Waals surface area contributed by atoms with Crippen molar-refractivity contribution in [3.63, 3.8) is 0 Å². The first-order chi connectivity index (χ1) is 9.11. The minimum Gasteiger partial charge on any atom is -0.326 e. The van der Waals surface area contributed by atoms with Crippen molar-refractivity contribution in [2.45, 2.75) is 19.5 Å². The number of aromatic nitrogens is 1. The topological polar surface area (TPSA) is 33.2 Å². The standard InChI is InChI=1S/C13H13ClN2OS2/c1-3-12(17)16(7-10-6-11(14)19-8-10)9(2)13-15-4-5-18-13/h3-6,8-9H,1,7H2,2H3. The summed E-state index contributed by atoms with van der Waals surface area (Å²) in [6.45, 7) is 6.04. The van der Waals surface area contributed by atoms with E-state index >= 15 is 0 Å². The van der Waals surface area contributed by atoms with E-state index in [1.54, 1.807) is 22.4 Å². The quantitative estimate of drug-likeness (QED) is 0.778. The number of rotatable bonds is 5. The fourth-order valence-electron chi connectivity index (χ4n) is 1.72. The second-order valence-electron chi connectivity index (χ2n) is 3.98. The Morgan fingerprint density at radius 3 is 2.95 bits per heavy atom. The Balaban J connectivity index is 2.21. The number of thiazole rings is 1. The number of thiophene rings is 1. The molecule has 0 spiro atoms. The van der Waals surface area contributed by atoms with Gasteiger partial charge in [-0.25, -0.2) is 4.98 Å². The SMILES string of the molecule is C=CC(=O)N(Cc1csc(Cl)c1)C(C)c1nccs1. The summed E-state index contributed by atoms with van der Waals surface area (Å²) in [5.41, 5.74) is 1.02. The first-order valence-corrected chi connectivity index (χ1v) is 7.81. The van der Waals surface area contributed by atoms with E-state index in [0.29, 0.717) is 6.54 Å². The number of carbonyl (C=O) groups is 1. The molecule has 0 radical (unpaired) electrons. The lowest BCUT2D eigenvalue weighted by Crippen LogP contribution is -2.31. The van der Waals surface area contributed by atoms with E-state index in [0.717, 1.165) is 14.9 Å². The summed E-state index contributed by atoms with van der Waals surface area (Å²) in [4.78, 5) is 18.0. The summed E-state index contributed by atoms with van der Waals surface area (Å²) in [7, 11) is 0. The Labute approximate surface area is 125 Å². The van der Waals surface area contributed by atoms with Gasteiger partial charge in [0, 0.05) is 18.1 Å². The Morgan fingerprint density at radius 1 is 1.63 bits per heavy atom. The molecule has 2 heterocycles. The number of hydrogen-bond acceptors (Lipinski definition) is 4. The van der Waals surface area contributed by atoms with Crippen LogP contribution in [-0.4, -0.2) is 15.8 Å². The summed E-state index contributed by atoms with van der Waals surface area (Å²) < 4.78 is 0.725. The second-order valence-corrected chi connectivity index (χ2v) is 6.44. The van der Waals surface area contributed by atoms with Crippen LogP contribution in [0.25, 0.3) is 0 Å². The van der Waals surface area contributed by atoms with Crippen LogP contribution in [-0.2, 0) is 11.3 Å². The molecular weight excluding hydrogens is 300 g/mol. The third kappa shape index (κ3) is 3.43. The molecule has 0 aliphatic heterocycles. The molecule has 0 N–H and O–H groups in total. The van der Waals surface area contributed by atoms with Crippen LogP contribution in [0.2, 0.25) is 4.34 Å². The van der Waals surface area contributed by atoms with Gasteiger partial charge in [-0.3, -0.25) is 4.79 Å². The van der Waals surface area contributed by atoms with E-state index in [1.165, 1.54) is 17.4 Å².